The van der Waals surface area contributed by atoms with Crippen LogP contribution in [0.3, 0.4) is 0 Å². The summed E-state index contributed by atoms with van der Waals surface area (Å²) in [6.45, 7) is 8.16. The maximum absolute atomic E-state index is 13.3. The van der Waals surface area contributed by atoms with Gasteiger partial charge >= 0.3 is 0 Å². The molecule has 4 nitrogen and oxygen atoms in total. The largest absolute Gasteiger partial charge is 0.352 e. The molecule has 0 aliphatic carbocycles. The molecule has 0 aliphatic rings. The summed E-state index contributed by atoms with van der Waals surface area (Å²) in [5.74, 6) is -0.0140. The molecule has 0 fully saturated rings. The van der Waals surface area contributed by atoms with Crippen LogP contribution >= 0.6 is 35.0 Å². The molecule has 0 heterocycles. The zero-order valence-electron chi connectivity index (χ0n) is 18.5. The van der Waals surface area contributed by atoms with E-state index in [1.807, 2.05) is 52.0 Å². The summed E-state index contributed by atoms with van der Waals surface area (Å²) in [5.41, 5.74) is 1.93. The minimum atomic E-state index is -0.577. The van der Waals surface area contributed by atoms with Gasteiger partial charge in [0.15, 0.2) is 0 Å². The predicted octanol–water partition coefficient (Wildman–Crippen LogP) is 6.12. The second-order valence-electron chi connectivity index (χ2n) is 7.60. The maximum atomic E-state index is 13.3. The summed E-state index contributed by atoms with van der Waals surface area (Å²) < 4.78 is 0. The van der Waals surface area contributed by atoms with Crippen molar-refractivity contribution in [3.8, 4) is 0 Å². The Bertz CT molecular complexity index is 890. The molecule has 0 spiro atoms. The lowest BCUT2D eigenvalue weighted by Gasteiger charge is -2.31. The summed E-state index contributed by atoms with van der Waals surface area (Å²) in [4.78, 5) is 28.9. The number of rotatable bonds is 10. The van der Waals surface area contributed by atoms with Crippen molar-refractivity contribution in [3.05, 3.63) is 63.6 Å². The van der Waals surface area contributed by atoms with Crippen LogP contribution < -0.4 is 5.32 Å². The van der Waals surface area contributed by atoms with E-state index < -0.39 is 6.04 Å². The van der Waals surface area contributed by atoms with Crippen molar-refractivity contribution in [2.45, 2.75) is 64.1 Å². The van der Waals surface area contributed by atoms with Crippen LogP contribution in [0.2, 0.25) is 10.0 Å². The van der Waals surface area contributed by atoms with Gasteiger partial charge in [0.1, 0.15) is 6.04 Å². The lowest BCUT2D eigenvalue weighted by molar-refractivity contribution is -0.139. The van der Waals surface area contributed by atoms with Crippen LogP contribution in [-0.2, 0) is 16.1 Å². The molecule has 168 valence electrons. The van der Waals surface area contributed by atoms with Crippen LogP contribution in [-0.4, -0.2) is 34.6 Å². The van der Waals surface area contributed by atoms with E-state index in [9.17, 15) is 9.59 Å². The van der Waals surface area contributed by atoms with Crippen LogP contribution in [0.15, 0.2) is 47.4 Å². The van der Waals surface area contributed by atoms with Gasteiger partial charge in [0.2, 0.25) is 11.8 Å². The molecule has 1 N–H and O–H groups in total. The highest BCUT2D eigenvalue weighted by Crippen LogP contribution is 2.25. The van der Waals surface area contributed by atoms with Crippen molar-refractivity contribution in [2.24, 2.45) is 0 Å². The first-order valence-corrected chi connectivity index (χ1v) is 12.2. The fourth-order valence-electron chi connectivity index (χ4n) is 3.06. The second-order valence-corrected chi connectivity index (χ2v) is 9.49. The molecule has 2 aromatic carbocycles. The summed E-state index contributed by atoms with van der Waals surface area (Å²) in [5, 5.41) is 4.02. The fourth-order valence-corrected chi connectivity index (χ4v) is 4.31. The van der Waals surface area contributed by atoms with Gasteiger partial charge in [-0.15, -0.1) is 11.8 Å². The number of hydrogen-bond acceptors (Lipinski definition) is 3. The number of carbonyl (C=O) groups excluding carboxylic acids is 2. The van der Waals surface area contributed by atoms with Crippen molar-refractivity contribution in [3.63, 3.8) is 0 Å². The maximum Gasteiger partial charge on any atom is 0.243 e. The van der Waals surface area contributed by atoms with Crippen molar-refractivity contribution < 1.29 is 9.59 Å². The molecule has 0 aromatic heterocycles. The number of nitrogens with one attached hydrogen (secondary N) is 1. The number of benzene rings is 2. The molecule has 0 unspecified atom stereocenters. The van der Waals surface area contributed by atoms with Gasteiger partial charge in [-0.25, -0.2) is 0 Å². The van der Waals surface area contributed by atoms with E-state index in [0.717, 1.165) is 16.9 Å². The lowest BCUT2D eigenvalue weighted by atomic mass is 10.1. The molecular formula is C24H30Cl2N2O2S. The number of hydrogen-bond donors (Lipinski definition) is 1. The van der Waals surface area contributed by atoms with Crippen molar-refractivity contribution >= 4 is 46.8 Å². The topological polar surface area (TPSA) is 49.4 Å². The number of thioether (sulfide) groups is 1. The van der Waals surface area contributed by atoms with E-state index in [1.165, 1.54) is 17.3 Å². The lowest BCUT2D eigenvalue weighted by Crippen LogP contribution is -2.51. The van der Waals surface area contributed by atoms with Crippen molar-refractivity contribution in [1.29, 1.82) is 0 Å². The number of nitrogens with zero attached hydrogens (tertiary/aromatic N) is 1. The third-order valence-electron chi connectivity index (χ3n) is 5.13. The Morgan fingerprint density at radius 3 is 2.32 bits per heavy atom. The van der Waals surface area contributed by atoms with Crippen molar-refractivity contribution in [1.82, 2.24) is 10.2 Å². The van der Waals surface area contributed by atoms with Gasteiger partial charge in [-0.2, -0.15) is 0 Å². The molecule has 2 amide bonds. The first-order chi connectivity index (χ1) is 14.7. The summed E-state index contributed by atoms with van der Waals surface area (Å²) >= 11 is 13.9. The van der Waals surface area contributed by atoms with E-state index in [1.54, 1.807) is 23.1 Å². The second kappa shape index (κ2) is 12.4. The normalized spacial score (nSPS) is 12.8. The van der Waals surface area contributed by atoms with Gasteiger partial charge in [0, 0.05) is 27.5 Å². The molecule has 2 aromatic rings. The van der Waals surface area contributed by atoms with Gasteiger partial charge in [-0.3, -0.25) is 9.59 Å². The van der Waals surface area contributed by atoms with Gasteiger partial charge in [-0.05, 0) is 56.5 Å². The van der Waals surface area contributed by atoms with E-state index in [0.29, 0.717) is 16.5 Å². The zero-order chi connectivity index (χ0) is 23.0. The van der Waals surface area contributed by atoms with E-state index in [4.69, 9.17) is 23.2 Å². The Balaban J connectivity index is 2.24. The zero-order valence-corrected chi connectivity index (χ0v) is 20.8. The molecule has 0 radical (unpaired) electrons. The SMILES string of the molecule is CC[C@H](C)NC(=O)[C@H](CC)N(Cc1ccc(Cl)cc1Cl)C(=O)CSc1ccc(C)cc1. The van der Waals surface area contributed by atoms with Crippen LogP contribution in [0.25, 0.3) is 0 Å². The highest BCUT2D eigenvalue weighted by Gasteiger charge is 2.29. The van der Waals surface area contributed by atoms with E-state index in [2.05, 4.69) is 5.32 Å². The average Bonchev–Trinajstić information content (AvgIpc) is 2.74. The number of carbonyl (C=O) groups is 2. The smallest absolute Gasteiger partial charge is 0.243 e. The van der Waals surface area contributed by atoms with Crippen LogP contribution in [0.1, 0.15) is 44.7 Å². The molecule has 0 bridgehead atoms. The Kier molecular flexibility index (Phi) is 10.2. The number of aryl methyl sites for hydroxylation is 1. The number of halogens is 2. The average molecular weight is 481 g/mol. The van der Waals surface area contributed by atoms with E-state index in [-0.39, 0.29) is 30.2 Å². The van der Waals surface area contributed by atoms with Gasteiger partial charge in [-0.1, -0.05) is 60.8 Å². The van der Waals surface area contributed by atoms with Crippen LogP contribution in [0.5, 0.6) is 0 Å². The number of amides is 2. The molecule has 2 atom stereocenters. The minimum Gasteiger partial charge on any atom is -0.352 e. The predicted molar refractivity (Wildman–Crippen MR) is 131 cm³/mol. The summed E-state index contributed by atoms with van der Waals surface area (Å²) in [6.07, 6.45) is 1.33. The highest BCUT2D eigenvalue weighted by molar-refractivity contribution is 8.00. The first-order valence-electron chi connectivity index (χ1n) is 10.5. The molecule has 2 rings (SSSR count). The van der Waals surface area contributed by atoms with E-state index >= 15 is 0 Å². The highest BCUT2D eigenvalue weighted by atomic mass is 35.5. The Hall–Kier alpha value is -1.69. The van der Waals surface area contributed by atoms with Crippen LogP contribution in [0, 0.1) is 6.92 Å². The standard InChI is InChI=1S/C24H30Cl2N2O2S/c1-5-17(4)27-24(30)22(6-2)28(14-18-9-10-19(25)13-21(18)26)23(29)15-31-20-11-7-16(3)8-12-20/h7-13,17,22H,5-6,14-15H2,1-4H3,(H,27,30)/t17-,22-/m0/s1. The van der Waals surface area contributed by atoms with Gasteiger partial charge in [0.05, 0.1) is 5.75 Å². The Labute approximate surface area is 199 Å². The van der Waals surface area contributed by atoms with Crippen molar-refractivity contribution in [2.75, 3.05) is 5.75 Å². The monoisotopic (exact) mass is 480 g/mol. The quantitative estimate of drug-likeness (QED) is 0.416. The molecule has 0 aliphatic heterocycles. The van der Waals surface area contributed by atoms with Gasteiger partial charge in [0.25, 0.3) is 0 Å². The van der Waals surface area contributed by atoms with Crippen LogP contribution in [0.4, 0.5) is 0 Å². The third kappa shape index (κ3) is 7.74. The summed E-state index contributed by atoms with van der Waals surface area (Å²) in [7, 11) is 0. The Morgan fingerprint density at radius 1 is 1.06 bits per heavy atom. The fraction of sp³-hybridized carbons (Fsp3) is 0.417. The molecule has 31 heavy (non-hydrogen) atoms. The molecular weight excluding hydrogens is 451 g/mol. The Morgan fingerprint density at radius 2 is 1.74 bits per heavy atom. The minimum absolute atomic E-state index is 0.0413. The third-order valence-corrected chi connectivity index (χ3v) is 6.71. The molecule has 7 heteroatoms. The molecule has 0 saturated carbocycles. The first kappa shape index (κ1) is 25.6. The summed E-state index contributed by atoms with van der Waals surface area (Å²) in [6, 6.07) is 12.7. The van der Waals surface area contributed by atoms with Gasteiger partial charge < -0.3 is 10.2 Å². The molecule has 0 saturated heterocycles.